The first kappa shape index (κ1) is 27.3. The third kappa shape index (κ3) is 6.29. The highest BCUT2D eigenvalue weighted by molar-refractivity contribution is 5.68. The quantitative estimate of drug-likeness (QED) is 0.301. The van der Waals surface area contributed by atoms with Gasteiger partial charge in [0.05, 0.1) is 24.0 Å². The molecule has 0 saturated carbocycles. The van der Waals surface area contributed by atoms with Gasteiger partial charge < -0.3 is 14.1 Å². The number of halogens is 3. The molecule has 40 heavy (non-hydrogen) atoms. The van der Waals surface area contributed by atoms with Crippen LogP contribution >= 0.6 is 0 Å². The Morgan fingerprint density at radius 3 is 2.58 bits per heavy atom. The van der Waals surface area contributed by atoms with Gasteiger partial charge in [0, 0.05) is 24.8 Å². The normalized spacial score (nSPS) is 14.6. The fourth-order valence-electron chi connectivity index (χ4n) is 4.47. The Morgan fingerprint density at radius 1 is 1.12 bits per heavy atom. The van der Waals surface area contributed by atoms with E-state index in [1.165, 1.54) is 10.9 Å². The van der Waals surface area contributed by atoms with E-state index in [1.54, 1.807) is 11.1 Å². The van der Waals surface area contributed by atoms with Crippen LogP contribution in [0.3, 0.4) is 0 Å². The van der Waals surface area contributed by atoms with Crippen molar-refractivity contribution in [3.05, 3.63) is 65.7 Å². The molecule has 0 atom stereocenters. The summed E-state index contributed by atoms with van der Waals surface area (Å²) in [5.74, 6) is -1.47. The van der Waals surface area contributed by atoms with Crippen LogP contribution < -0.4 is 0 Å². The molecule has 0 bridgehead atoms. The Morgan fingerprint density at radius 2 is 1.90 bits per heavy atom. The topological polar surface area (TPSA) is 112 Å². The second-order valence-corrected chi connectivity index (χ2v) is 10.6. The Hall–Kier alpha value is -4.29. The second-order valence-electron chi connectivity index (χ2n) is 10.6. The lowest BCUT2D eigenvalue weighted by Crippen LogP contribution is -2.41. The first-order valence-electron chi connectivity index (χ1n) is 12.8. The van der Waals surface area contributed by atoms with Gasteiger partial charge in [-0.1, -0.05) is 23.4 Å². The first-order chi connectivity index (χ1) is 19.1. The fraction of sp³-hybridized carbons (Fsp3) is 0.407. The highest BCUT2D eigenvalue weighted by Gasteiger charge is 2.27. The SMILES string of the molecule is CC(C)(C)OC(=O)N1CCC(c2cccc(-c3cn(Cc4ncc(-c5nnc(C(F)F)o5)cc4F)nn3)c2)CC1. The van der Waals surface area contributed by atoms with Crippen LogP contribution in [0.15, 0.2) is 47.1 Å². The number of alkyl halides is 2. The molecule has 0 unspecified atom stereocenters. The zero-order valence-electron chi connectivity index (χ0n) is 22.2. The zero-order chi connectivity index (χ0) is 28.4. The molecule has 1 aliphatic rings. The van der Waals surface area contributed by atoms with Crippen molar-refractivity contribution in [2.75, 3.05) is 13.1 Å². The van der Waals surface area contributed by atoms with Crippen molar-refractivity contribution in [1.29, 1.82) is 0 Å². The van der Waals surface area contributed by atoms with Crippen LogP contribution in [0.5, 0.6) is 0 Å². The van der Waals surface area contributed by atoms with Crippen LogP contribution in [0.1, 0.15) is 63.1 Å². The van der Waals surface area contributed by atoms with Gasteiger partial charge in [-0.3, -0.25) is 4.98 Å². The number of ether oxygens (including phenoxy) is 1. The fourth-order valence-corrected chi connectivity index (χ4v) is 4.47. The van der Waals surface area contributed by atoms with Gasteiger partial charge in [0.1, 0.15) is 17.1 Å². The summed E-state index contributed by atoms with van der Waals surface area (Å²) in [5.41, 5.74) is 2.29. The predicted octanol–water partition coefficient (Wildman–Crippen LogP) is 5.63. The van der Waals surface area contributed by atoms with E-state index in [0.717, 1.165) is 30.0 Å². The Balaban J connectivity index is 1.23. The molecule has 210 valence electrons. The van der Waals surface area contributed by atoms with E-state index in [1.807, 2.05) is 32.9 Å². The lowest BCUT2D eigenvalue weighted by molar-refractivity contribution is 0.0205. The lowest BCUT2D eigenvalue weighted by atomic mass is 9.88. The van der Waals surface area contributed by atoms with Crippen molar-refractivity contribution in [3.8, 4) is 22.7 Å². The molecular formula is C27H28F3N7O3. The Labute approximate surface area is 228 Å². The molecule has 4 aromatic rings. The average molecular weight is 556 g/mol. The van der Waals surface area contributed by atoms with E-state index in [0.29, 0.717) is 24.7 Å². The smallest absolute Gasteiger partial charge is 0.410 e. The highest BCUT2D eigenvalue weighted by Crippen LogP contribution is 2.31. The van der Waals surface area contributed by atoms with Crippen LogP contribution in [0.25, 0.3) is 22.7 Å². The van der Waals surface area contributed by atoms with E-state index in [2.05, 4.69) is 37.6 Å². The van der Waals surface area contributed by atoms with E-state index >= 15 is 0 Å². The Kier molecular flexibility index (Phi) is 7.55. The molecule has 1 amide bonds. The number of aromatic nitrogens is 6. The molecule has 3 aromatic heterocycles. The first-order valence-corrected chi connectivity index (χ1v) is 12.8. The minimum atomic E-state index is -2.92. The summed E-state index contributed by atoms with van der Waals surface area (Å²) >= 11 is 0. The number of rotatable bonds is 6. The van der Waals surface area contributed by atoms with Gasteiger partial charge in [-0.15, -0.1) is 15.3 Å². The molecule has 1 aromatic carbocycles. The van der Waals surface area contributed by atoms with Crippen molar-refractivity contribution in [1.82, 2.24) is 35.1 Å². The summed E-state index contributed by atoms with van der Waals surface area (Å²) in [6.07, 6.45) is 1.42. The third-order valence-corrected chi connectivity index (χ3v) is 6.44. The molecule has 5 rings (SSSR count). The highest BCUT2D eigenvalue weighted by atomic mass is 19.3. The summed E-state index contributed by atoms with van der Waals surface area (Å²) < 4.78 is 51.9. The number of hydrogen-bond donors (Lipinski definition) is 0. The summed E-state index contributed by atoms with van der Waals surface area (Å²) in [7, 11) is 0. The van der Waals surface area contributed by atoms with Crippen molar-refractivity contribution in [3.63, 3.8) is 0 Å². The molecule has 0 spiro atoms. The van der Waals surface area contributed by atoms with E-state index < -0.39 is 23.7 Å². The minimum absolute atomic E-state index is 0.00798. The predicted molar refractivity (Wildman–Crippen MR) is 137 cm³/mol. The number of piperidine rings is 1. The zero-order valence-corrected chi connectivity index (χ0v) is 22.2. The van der Waals surface area contributed by atoms with Crippen LogP contribution in [-0.4, -0.2) is 59.9 Å². The number of likely N-dealkylation sites (tertiary alicyclic amines) is 1. The number of carbonyl (C=O) groups is 1. The van der Waals surface area contributed by atoms with Crippen molar-refractivity contribution >= 4 is 6.09 Å². The number of benzene rings is 1. The van der Waals surface area contributed by atoms with Gasteiger partial charge in [-0.2, -0.15) is 8.78 Å². The minimum Gasteiger partial charge on any atom is -0.444 e. The summed E-state index contributed by atoms with van der Waals surface area (Å²) in [4.78, 5) is 18.2. The largest absolute Gasteiger partial charge is 0.444 e. The average Bonchev–Trinajstić information content (AvgIpc) is 3.60. The van der Waals surface area contributed by atoms with Crippen molar-refractivity contribution in [2.45, 2.75) is 58.1 Å². The maximum atomic E-state index is 14.7. The molecule has 1 aliphatic heterocycles. The van der Waals surface area contributed by atoms with Gasteiger partial charge in [0.25, 0.3) is 5.89 Å². The molecule has 0 radical (unpaired) electrons. The standard InChI is InChI=1S/C27H28F3N7O3/c1-27(2,3)40-26(38)36-9-7-16(8-10-36)17-5-4-6-18(11-17)21-14-37(35-32-21)15-22-20(28)12-19(13-31-22)24-33-34-25(39-24)23(29)30/h4-6,11-14,16,23H,7-10,15H2,1-3H3. The number of hydrogen-bond acceptors (Lipinski definition) is 8. The van der Waals surface area contributed by atoms with E-state index in [4.69, 9.17) is 9.15 Å². The summed E-state index contributed by atoms with van der Waals surface area (Å²) in [6.45, 7) is 6.82. The monoisotopic (exact) mass is 555 g/mol. The number of amides is 1. The molecule has 1 fully saturated rings. The summed E-state index contributed by atoms with van der Waals surface area (Å²) in [6, 6.07) is 9.12. The second kappa shape index (κ2) is 11.1. The summed E-state index contributed by atoms with van der Waals surface area (Å²) in [5, 5.41) is 15.1. The molecular weight excluding hydrogens is 527 g/mol. The van der Waals surface area contributed by atoms with E-state index in [-0.39, 0.29) is 29.8 Å². The van der Waals surface area contributed by atoms with Gasteiger partial charge in [-0.25, -0.2) is 13.9 Å². The van der Waals surface area contributed by atoms with Crippen molar-refractivity contribution in [2.24, 2.45) is 0 Å². The number of pyridine rings is 1. The maximum Gasteiger partial charge on any atom is 0.410 e. The molecule has 10 nitrogen and oxygen atoms in total. The third-order valence-electron chi connectivity index (χ3n) is 6.44. The lowest BCUT2D eigenvalue weighted by Gasteiger charge is -2.33. The van der Waals surface area contributed by atoms with Gasteiger partial charge in [0.15, 0.2) is 0 Å². The van der Waals surface area contributed by atoms with Crippen LogP contribution in [0.2, 0.25) is 0 Å². The van der Waals surface area contributed by atoms with Gasteiger partial charge in [0.2, 0.25) is 5.89 Å². The van der Waals surface area contributed by atoms with Crippen LogP contribution in [0, 0.1) is 5.82 Å². The molecule has 0 aliphatic carbocycles. The van der Waals surface area contributed by atoms with Crippen LogP contribution in [-0.2, 0) is 11.3 Å². The number of carbonyl (C=O) groups excluding carboxylic acids is 1. The van der Waals surface area contributed by atoms with Crippen molar-refractivity contribution < 1.29 is 27.1 Å². The van der Waals surface area contributed by atoms with E-state index in [9.17, 15) is 18.0 Å². The van der Waals surface area contributed by atoms with Gasteiger partial charge in [-0.05, 0) is 57.2 Å². The molecule has 13 heteroatoms. The van der Waals surface area contributed by atoms with Gasteiger partial charge >= 0.3 is 12.5 Å². The molecule has 0 N–H and O–H groups in total. The molecule has 1 saturated heterocycles. The molecule has 4 heterocycles. The van der Waals surface area contributed by atoms with Crippen LogP contribution in [0.4, 0.5) is 18.0 Å². The number of nitrogens with zero attached hydrogens (tertiary/aromatic N) is 7. The maximum absolute atomic E-state index is 14.7. The Bertz CT molecular complexity index is 1490.